The molecule has 1 radical (unpaired) electrons. The van der Waals surface area contributed by atoms with Crippen molar-refractivity contribution in [3.63, 3.8) is 0 Å². The number of nitrogens with one attached hydrogen (secondary N) is 1. The topological polar surface area (TPSA) is 29.1 Å². The van der Waals surface area contributed by atoms with Crippen LogP contribution >= 0.6 is 12.6 Å². The summed E-state index contributed by atoms with van der Waals surface area (Å²) in [5.74, 6) is -0.0486. The quantitative estimate of drug-likeness (QED) is 0.741. The van der Waals surface area contributed by atoms with Gasteiger partial charge in [0, 0.05) is 17.0 Å². The Kier molecular flexibility index (Phi) is 3.05. The Hall–Kier alpha value is -1.09. The van der Waals surface area contributed by atoms with Crippen LogP contribution in [-0.4, -0.2) is 12.5 Å². The van der Waals surface area contributed by atoms with Crippen molar-refractivity contribution in [2.45, 2.75) is 11.8 Å². The highest BCUT2D eigenvalue weighted by Gasteiger charge is 2.01. The summed E-state index contributed by atoms with van der Waals surface area (Å²) in [5, 5.41) is 2.71. The summed E-state index contributed by atoms with van der Waals surface area (Å²) in [6.45, 7) is 2.54. The molecule has 0 heterocycles. The van der Waals surface area contributed by atoms with Gasteiger partial charge in [0.05, 0.1) is 0 Å². The van der Waals surface area contributed by atoms with Crippen molar-refractivity contribution in [3.8, 4) is 0 Å². The molecule has 0 saturated heterocycles. The van der Waals surface area contributed by atoms with E-state index in [2.05, 4.69) is 5.32 Å². The van der Waals surface area contributed by atoms with Gasteiger partial charge < -0.3 is 5.32 Å². The minimum atomic E-state index is -0.0486. The van der Waals surface area contributed by atoms with Crippen LogP contribution in [0.3, 0.4) is 0 Å². The van der Waals surface area contributed by atoms with Gasteiger partial charge in [0.15, 0.2) is 0 Å². The van der Waals surface area contributed by atoms with Crippen LogP contribution in [0.4, 0.5) is 0 Å². The number of rotatable bonds is 2. The fourth-order valence-electron chi connectivity index (χ4n) is 0.869. The van der Waals surface area contributed by atoms with Gasteiger partial charge in [0.1, 0.15) is 0 Å². The van der Waals surface area contributed by atoms with Gasteiger partial charge in [-0.25, -0.2) is 0 Å². The molecule has 0 aliphatic rings. The predicted octanol–water partition coefficient (Wildman–Crippen LogP) is 1.99. The Morgan fingerprint density at radius 1 is 1.42 bits per heavy atom. The maximum Gasteiger partial charge on any atom is 0.251 e. The van der Waals surface area contributed by atoms with Crippen LogP contribution in [0.1, 0.15) is 17.3 Å². The smallest absolute Gasteiger partial charge is 0.251 e. The highest BCUT2D eigenvalue weighted by atomic mass is 32.1. The Morgan fingerprint density at radius 2 is 2.00 bits per heavy atom. The van der Waals surface area contributed by atoms with Gasteiger partial charge in [-0.15, -0.1) is 0 Å². The highest BCUT2D eigenvalue weighted by molar-refractivity contribution is 7.80. The molecule has 0 aliphatic heterocycles. The molecular formula is C9H10NOS. The molecule has 63 valence electrons. The molecule has 0 spiro atoms. The van der Waals surface area contributed by atoms with E-state index in [1.165, 1.54) is 0 Å². The summed E-state index contributed by atoms with van der Waals surface area (Å²) in [6.07, 6.45) is 0. The van der Waals surface area contributed by atoms with E-state index in [4.69, 9.17) is 12.6 Å². The van der Waals surface area contributed by atoms with E-state index in [0.717, 1.165) is 4.90 Å². The number of carbonyl (C=O) groups is 1. The fourth-order valence-corrected chi connectivity index (χ4v) is 1.01. The third-order valence-corrected chi connectivity index (χ3v) is 1.73. The normalized spacial score (nSPS) is 9.42. The first-order valence-corrected chi connectivity index (χ1v) is 4.20. The number of amides is 1. The Labute approximate surface area is 77.4 Å². The van der Waals surface area contributed by atoms with Gasteiger partial charge >= 0.3 is 0 Å². The van der Waals surface area contributed by atoms with Crippen molar-refractivity contribution in [2.75, 3.05) is 6.54 Å². The molecule has 12 heavy (non-hydrogen) atoms. The zero-order valence-electron chi connectivity index (χ0n) is 6.83. The molecule has 3 heteroatoms. The Balaban J connectivity index is 2.75. The van der Waals surface area contributed by atoms with Crippen LogP contribution in [0.25, 0.3) is 0 Å². The second-order valence-electron chi connectivity index (χ2n) is 2.38. The molecule has 1 aromatic carbocycles. The van der Waals surface area contributed by atoms with Crippen molar-refractivity contribution >= 4 is 18.5 Å². The average molecular weight is 180 g/mol. The SMILES string of the molecule is CCNC(=O)c1ccc([S])cc1. The zero-order valence-corrected chi connectivity index (χ0v) is 7.65. The van der Waals surface area contributed by atoms with Crippen molar-refractivity contribution in [1.29, 1.82) is 0 Å². The molecule has 0 fully saturated rings. The second kappa shape index (κ2) is 4.07. The zero-order chi connectivity index (χ0) is 8.97. The van der Waals surface area contributed by atoms with Crippen molar-refractivity contribution in [1.82, 2.24) is 5.32 Å². The van der Waals surface area contributed by atoms with E-state index in [1.54, 1.807) is 24.3 Å². The average Bonchev–Trinajstić information content (AvgIpc) is 2.06. The highest BCUT2D eigenvalue weighted by Crippen LogP contribution is 2.07. The van der Waals surface area contributed by atoms with Gasteiger partial charge in [-0.2, -0.15) is 0 Å². The molecule has 1 amide bonds. The molecule has 0 bridgehead atoms. The second-order valence-corrected chi connectivity index (χ2v) is 2.86. The lowest BCUT2D eigenvalue weighted by molar-refractivity contribution is 0.0956. The van der Waals surface area contributed by atoms with Crippen LogP contribution in [-0.2, 0) is 0 Å². The lowest BCUT2D eigenvalue weighted by atomic mass is 10.2. The summed E-state index contributed by atoms with van der Waals surface area (Å²) in [5.41, 5.74) is 0.658. The van der Waals surface area contributed by atoms with E-state index < -0.39 is 0 Å². The van der Waals surface area contributed by atoms with Gasteiger partial charge in [-0.05, 0) is 31.2 Å². The standard InChI is InChI=1S/C9H10NOS/c1-2-10-9(11)7-3-5-8(12)6-4-7/h3-6H,2H2,1H3,(H,10,11). The van der Waals surface area contributed by atoms with E-state index >= 15 is 0 Å². The number of hydrogen-bond acceptors (Lipinski definition) is 1. The molecule has 0 aromatic heterocycles. The number of benzene rings is 1. The number of hydrogen-bond donors (Lipinski definition) is 1. The summed E-state index contributed by atoms with van der Waals surface area (Å²) in [6, 6.07) is 6.96. The Morgan fingerprint density at radius 3 is 2.50 bits per heavy atom. The molecule has 0 aliphatic carbocycles. The molecule has 0 saturated carbocycles. The van der Waals surface area contributed by atoms with Crippen LogP contribution in [0.2, 0.25) is 0 Å². The van der Waals surface area contributed by atoms with Crippen LogP contribution < -0.4 is 5.32 Å². The van der Waals surface area contributed by atoms with Gasteiger partial charge in [-0.3, -0.25) is 4.79 Å². The first-order valence-electron chi connectivity index (χ1n) is 3.79. The summed E-state index contributed by atoms with van der Waals surface area (Å²) in [4.78, 5) is 12.0. The first kappa shape index (κ1) is 9.00. The molecule has 2 nitrogen and oxygen atoms in total. The fraction of sp³-hybridized carbons (Fsp3) is 0.222. The lowest BCUT2D eigenvalue weighted by Crippen LogP contribution is -2.22. The van der Waals surface area contributed by atoms with E-state index in [9.17, 15) is 4.79 Å². The monoisotopic (exact) mass is 180 g/mol. The summed E-state index contributed by atoms with van der Waals surface area (Å²) >= 11 is 4.89. The van der Waals surface area contributed by atoms with Crippen LogP contribution in [0, 0.1) is 0 Å². The van der Waals surface area contributed by atoms with Gasteiger partial charge in [0.25, 0.3) is 5.91 Å². The molecule has 0 unspecified atom stereocenters. The van der Waals surface area contributed by atoms with Crippen molar-refractivity contribution < 1.29 is 4.79 Å². The first-order chi connectivity index (χ1) is 5.74. The summed E-state index contributed by atoms with van der Waals surface area (Å²) in [7, 11) is 0. The van der Waals surface area contributed by atoms with Crippen molar-refractivity contribution in [2.24, 2.45) is 0 Å². The van der Waals surface area contributed by atoms with Crippen molar-refractivity contribution in [3.05, 3.63) is 29.8 Å². The third kappa shape index (κ3) is 2.20. The molecular weight excluding hydrogens is 170 g/mol. The van der Waals surface area contributed by atoms with E-state index in [1.807, 2.05) is 6.92 Å². The van der Waals surface area contributed by atoms with Gasteiger partial charge in [0.2, 0.25) is 0 Å². The van der Waals surface area contributed by atoms with E-state index in [-0.39, 0.29) is 5.91 Å². The molecule has 1 N–H and O–H groups in total. The largest absolute Gasteiger partial charge is 0.352 e. The maximum absolute atomic E-state index is 11.2. The predicted molar refractivity (Wildman–Crippen MR) is 50.3 cm³/mol. The van der Waals surface area contributed by atoms with Crippen LogP contribution in [0.5, 0.6) is 0 Å². The number of carbonyl (C=O) groups excluding carboxylic acids is 1. The minimum absolute atomic E-state index is 0.0486. The lowest BCUT2D eigenvalue weighted by Gasteiger charge is -2.00. The third-order valence-electron chi connectivity index (χ3n) is 1.45. The van der Waals surface area contributed by atoms with Crippen LogP contribution in [0.15, 0.2) is 29.2 Å². The minimum Gasteiger partial charge on any atom is -0.352 e. The molecule has 1 aromatic rings. The maximum atomic E-state index is 11.2. The van der Waals surface area contributed by atoms with Gasteiger partial charge in [-0.1, -0.05) is 12.6 Å². The summed E-state index contributed by atoms with van der Waals surface area (Å²) < 4.78 is 0. The Bertz CT molecular complexity index is 268. The molecule has 0 atom stereocenters. The van der Waals surface area contributed by atoms with E-state index in [0.29, 0.717) is 12.1 Å². The molecule has 1 rings (SSSR count).